The Morgan fingerprint density at radius 1 is 1.24 bits per heavy atom. The van der Waals surface area contributed by atoms with Gasteiger partial charge in [-0.15, -0.1) is 5.10 Å². The SMILES string of the molecule is CCOc1cc(-c2ccc(C3N(C(=O)OC(C)(C)C)CCC34CCCNC4)nc2)c2c3cn[nH]c3nn2c1. The van der Waals surface area contributed by atoms with Gasteiger partial charge in [-0.2, -0.15) is 5.10 Å². The Hall–Kier alpha value is -3.66. The molecular formula is C28H35N7O3. The first kappa shape index (κ1) is 24.7. The first-order chi connectivity index (χ1) is 18.3. The van der Waals surface area contributed by atoms with Gasteiger partial charge < -0.3 is 14.8 Å². The van der Waals surface area contributed by atoms with Crippen molar-refractivity contribution in [2.45, 2.75) is 58.6 Å². The summed E-state index contributed by atoms with van der Waals surface area (Å²) in [6, 6.07) is 6.02. The van der Waals surface area contributed by atoms with E-state index in [4.69, 9.17) is 14.5 Å². The van der Waals surface area contributed by atoms with E-state index < -0.39 is 5.60 Å². The highest BCUT2D eigenvalue weighted by atomic mass is 16.6. The molecule has 0 aromatic carbocycles. The summed E-state index contributed by atoms with van der Waals surface area (Å²) in [6.45, 7) is 10.8. The maximum Gasteiger partial charge on any atom is 0.410 e. The lowest BCUT2D eigenvalue weighted by Gasteiger charge is -2.41. The topological polar surface area (TPSA) is 110 Å². The van der Waals surface area contributed by atoms with Crippen molar-refractivity contribution in [3.05, 3.63) is 42.5 Å². The van der Waals surface area contributed by atoms with Crippen LogP contribution >= 0.6 is 0 Å². The molecular weight excluding hydrogens is 482 g/mol. The second-order valence-electron chi connectivity index (χ2n) is 11.4. The Labute approximate surface area is 221 Å². The van der Waals surface area contributed by atoms with Crippen LogP contribution in [0.2, 0.25) is 0 Å². The highest BCUT2D eigenvalue weighted by molar-refractivity contribution is 6.00. The minimum atomic E-state index is -0.555. The van der Waals surface area contributed by atoms with Crippen LogP contribution in [0, 0.1) is 5.41 Å². The molecule has 4 aromatic heterocycles. The lowest BCUT2D eigenvalue weighted by molar-refractivity contribution is 0.0131. The third kappa shape index (κ3) is 4.26. The average Bonchev–Trinajstić information content (AvgIpc) is 3.57. The van der Waals surface area contributed by atoms with Crippen molar-refractivity contribution in [3.63, 3.8) is 0 Å². The minimum absolute atomic E-state index is 0.0553. The Morgan fingerprint density at radius 3 is 2.82 bits per heavy atom. The standard InChI is InChI=1S/C28H35N7O3/c1-5-37-19-13-20(23-21-15-31-32-25(21)33-35(23)16-19)18-7-8-22(30-14-18)24-28(9-6-11-29-17-28)10-12-34(24)26(36)38-27(2,3)4/h7-8,13-16,24,29H,5-6,9-12,17H2,1-4H3,(H,32,33). The second kappa shape index (κ2) is 9.27. The van der Waals surface area contributed by atoms with E-state index in [2.05, 4.69) is 32.7 Å². The Kier molecular flexibility index (Phi) is 6.02. The van der Waals surface area contributed by atoms with Gasteiger partial charge in [-0.3, -0.25) is 15.0 Å². The Bertz CT molecular complexity index is 1460. The van der Waals surface area contributed by atoms with Gasteiger partial charge in [0.25, 0.3) is 0 Å². The summed E-state index contributed by atoms with van der Waals surface area (Å²) in [5.74, 6) is 0.733. The molecule has 1 amide bonds. The van der Waals surface area contributed by atoms with Crippen molar-refractivity contribution in [2.24, 2.45) is 5.41 Å². The molecule has 4 aromatic rings. The summed E-state index contributed by atoms with van der Waals surface area (Å²) in [5, 5.41) is 16.3. The minimum Gasteiger partial charge on any atom is -0.492 e. The quantitative estimate of drug-likeness (QED) is 0.403. The number of aromatic amines is 1. The van der Waals surface area contributed by atoms with Gasteiger partial charge in [-0.05, 0) is 65.6 Å². The predicted octanol–water partition coefficient (Wildman–Crippen LogP) is 4.72. The summed E-state index contributed by atoms with van der Waals surface area (Å²) >= 11 is 0. The van der Waals surface area contributed by atoms with Gasteiger partial charge in [0.15, 0.2) is 5.65 Å². The second-order valence-corrected chi connectivity index (χ2v) is 11.4. The molecule has 6 rings (SSSR count). The molecule has 0 saturated carbocycles. The van der Waals surface area contributed by atoms with Crippen LogP contribution in [0.5, 0.6) is 5.75 Å². The smallest absolute Gasteiger partial charge is 0.410 e. The van der Waals surface area contributed by atoms with Crippen molar-refractivity contribution < 1.29 is 14.3 Å². The maximum absolute atomic E-state index is 13.3. The zero-order valence-electron chi connectivity index (χ0n) is 22.5. The summed E-state index contributed by atoms with van der Waals surface area (Å²) in [4.78, 5) is 20.2. The predicted molar refractivity (Wildman–Crippen MR) is 144 cm³/mol. The molecule has 2 fully saturated rings. The number of likely N-dealkylation sites (tertiary alicyclic amines) is 1. The van der Waals surface area contributed by atoms with E-state index in [0.717, 1.165) is 71.5 Å². The molecule has 2 saturated heterocycles. The maximum atomic E-state index is 13.3. The number of pyridine rings is 2. The molecule has 38 heavy (non-hydrogen) atoms. The molecule has 10 heteroatoms. The van der Waals surface area contributed by atoms with Crippen LogP contribution in [-0.2, 0) is 4.74 Å². The van der Waals surface area contributed by atoms with Crippen LogP contribution in [0.4, 0.5) is 4.79 Å². The average molecular weight is 518 g/mol. The van der Waals surface area contributed by atoms with Crippen molar-refractivity contribution >= 4 is 22.6 Å². The number of hydrogen-bond acceptors (Lipinski definition) is 7. The zero-order chi connectivity index (χ0) is 26.5. The van der Waals surface area contributed by atoms with Crippen molar-refractivity contribution in [3.8, 4) is 16.9 Å². The van der Waals surface area contributed by atoms with E-state index in [1.54, 1.807) is 6.20 Å². The lowest BCUT2D eigenvalue weighted by atomic mass is 9.73. The van der Waals surface area contributed by atoms with E-state index in [-0.39, 0.29) is 17.6 Å². The molecule has 200 valence electrons. The first-order valence-corrected chi connectivity index (χ1v) is 13.4. The molecule has 2 atom stereocenters. The molecule has 2 aliphatic rings. The number of rotatable bonds is 4. The van der Waals surface area contributed by atoms with Gasteiger partial charge >= 0.3 is 6.09 Å². The number of fused-ring (bicyclic) bond motifs is 3. The largest absolute Gasteiger partial charge is 0.492 e. The van der Waals surface area contributed by atoms with Crippen molar-refractivity contribution in [1.29, 1.82) is 0 Å². The van der Waals surface area contributed by atoms with Gasteiger partial charge in [-0.1, -0.05) is 6.07 Å². The zero-order valence-corrected chi connectivity index (χ0v) is 22.5. The molecule has 2 unspecified atom stereocenters. The van der Waals surface area contributed by atoms with Crippen LogP contribution in [0.3, 0.4) is 0 Å². The molecule has 10 nitrogen and oxygen atoms in total. The fourth-order valence-corrected chi connectivity index (χ4v) is 6.10. The molecule has 6 heterocycles. The lowest BCUT2D eigenvalue weighted by Crippen LogP contribution is -2.46. The fraction of sp³-hybridized carbons (Fsp3) is 0.500. The molecule has 1 spiro atoms. The number of amides is 1. The number of carbonyl (C=O) groups is 1. The van der Waals surface area contributed by atoms with Crippen LogP contribution in [0.25, 0.3) is 27.7 Å². The van der Waals surface area contributed by atoms with Crippen molar-refractivity contribution in [1.82, 2.24) is 35.0 Å². The number of nitrogens with one attached hydrogen (secondary N) is 2. The summed E-state index contributed by atoms with van der Waals surface area (Å²) in [7, 11) is 0. The molecule has 2 N–H and O–H groups in total. The Balaban J connectivity index is 1.41. The third-order valence-electron chi connectivity index (χ3n) is 7.67. The van der Waals surface area contributed by atoms with E-state index in [1.807, 2.05) is 55.6 Å². The summed E-state index contributed by atoms with van der Waals surface area (Å²) < 4.78 is 13.5. The molecule has 2 aliphatic heterocycles. The van der Waals surface area contributed by atoms with Gasteiger partial charge in [-0.25, -0.2) is 9.31 Å². The van der Waals surface area contributed by atoms with Crippen LogP contribution < -0.4 is 10.1 Å². The van der Waals surface area contributed by atoms with Gasteiger partial charge in [0.1, 0.15) is 11.4 Å². The number of aromatic nitrogens is 5. The van der Waals surface area contributed by atoms with E-state index in [9.17, 15) is 4.79 Å². The van der Waals surface area contributed by atoms with Gasteiger partial charge in [0.2, 0.25) is 0 Å². The third-order valence-corrected chi connectivity index (χ3v) is 7.67. The number of nitrogens with zero attached hydrogens (tertiary/aromatic N) is 5. The number of carbonyl (C=O) groups excluding carboxylic acids is 1. The number of piperidine rings is 1. The van der Waals surface area contributed by atoms with Gasteiger partial charge in [0.05, 0.1) is 41.6 Å². The molecule has 0 aliphatic carbocycles. The van der Waals surface area contributed by atoms with Crippen molar-refractivity contribution in [2.75, 3.05) is 26.2 Å². The van der Waals surface area contributed by atoms with Gasteiger partial charge in [0, 0.05) is 35.8 Å². The number of hydrogen-bond donors (Lipinski definition) is 2. The summed E-state index contributed by atoms with van der Waals surface area (Å²) in [5.41, 5.74) is 3.84. The molecule has 0 bridgehead atoms. The molecule has 0 radical (unpaired) electrons. The van der Waals surface area contributed by atoms with E-state index in [0.29, 0.717) is 13.2 Å². The highest BCUT2D eigenvalue weighted by Crippen LogP contribution is 2.51. The monoisotopic (exact) mass is 517 g/mol. The highest BCUT2D eigenvalue weighted by Gasteiger charge is 2.51. The Morgan fingerprint density at radius 2 is 2.11 bits per heavy atom. The van der Waals surface area contributed by atoms with Crippen LogP contribution in [0.15, 0.2) is 36.8 Å². The first-order valence-electron chi connectivity index (χ1n) is 13.4. The summed E-state index contributed by atoms with van der Waals surface area (Å²) in [6.07, 6.45) is 8.37. The van der Waals surface area contributed by atoms with E-state index in [1.165, 1.54) is 0 Å². The number of H-pyrrole nitrogens is 1. The normalized spacial score (nSPS) is 22.0. The van der Waals surface area contributed by atoms with Crippen LogP contribution in [0.1, 0.15) is 58.7 Å². The number of ether oxygens (including phenoxy) is 2. The van der Waals surface area contributed by atoms with Crippen LogP contribution in [-0.4, -0.2) is 67.6 Å². The fourth-order valence-electron chi connectivity index (χ4n) is 6.10. The van der Waals surface area contributed by atoms with E-state index >= 15 is 0 Å².